The van der Waals surface area contributed by atoms with Crippen LogP contribution < -0.4 is 5.73 Å². The summed E-state index contributed by atoms with van der Waals surface area (Å²) in [7, 11) is 0. The van der Waals surface area contributed by atoms with E-state index in [0.29, 0.717) is 5.84 Å². The molecule has 2 rings (SSSR count). The van der Waals surface area contributed by atoms with Gasteiger partial charge in [-0.15, -0.1) is 11.6 Å². The second kappa shape index (κ2) is 3.67. The first-order chi connectivity index (χ1) is 6.81. The summed E-state index contributed by atoms with van der Waals surface area (Å²) in [6.45, 7) is 0. The van der Waals surface area contributed by atoms with Crippen molar-refractivity contribution >= 4 is 34.2 Å². The number of fused-ring (bicyclic) bond motifs is 1. The highest BCUT2D eigenvalue weighted by Crippen LogP contribution is 2.22. The maximum Gasteiger partial charge on any atom is 0.115 e. The lowest BCUT2D eigenvalue weighted by molar-refractivity contribution is 1.34. The molecule has 0 radical (unpaired) electrons. The van der Waals surface area contributed by atoms with E-state index in [1.807, 2.05) is 18.2 Å². The number of hydrogen-bond acceptors (Lipinski definition) is 2. The Morgan fingerprint density at radius 1 is 1.57 bits per heavy atom. The molecular weight excluding hydrogens is 200 g/mol. The van der Waals surface area contributed by atoms with E-state index in [9.17, 15) is 0 Å². The zero-order valence-corrected chi connectivity index (χ0v) is 8.12. The molecule has 0 aliphatic carbocycles. The lowest BCUT2D eigenvalue weighted by Crippen LogP contribution is -2.12. The summed E-state index contributed by atoms with van der Waals surface area (Å²) in [4.78, 5) is 11.3. The average molecular weight is 209 g/mol. The molecule has 0 bridgehead atoms. The molecule has 0 saturated heterocycles. The van der Waals surface area contributed by atoms with E-state index < -0.39 is 0 Å². The van der Waals surface area contributed by atoms with E-state index in [1.54, 1.807) is 6.33 Å². The van der Waals surface area contributed by atoms with E-state index in [2.05, 4.69) is 15.0 Å². The predicted molar refractivity (Wildman–Crippen MR) is 58.1 cm³/mol. The van der Waals surface area contributed by atoms with Crippen molar-refractivity contribution in [3.63, 3.8) is 0 Å². The summed E-state index contributed by atoms with van der Waals surface area (Å²) in [6, 6.07) is 5.67. The molecule has 2 aromatic rings. The third-order valence-electron chi connectivity index (χ3n) is 1.83. The highest BCUT2D eigenvalue weighted by Gasteiger charge is 2.01. The highest BCUT2D eigenvalue weighted by atomic mass is 35.5. The highest BCUT2D eigenvalue weighted by molar-refractivity contribution is 6.28. The normalized spacial score (nSPS) is 12.2. The number of aromatic nitrogens is 2. The number of nitrogens with zero attached hydrogens (tertiary/aromatic N) is 2. The Kier molecular flexibility index (Phi) is 2.37. The van der Waals surface area contributed by atoms with E-state index in [-0.39, 0.29) is 5.88 Å². The molecule has 0 aliphatic heterocycles. The number of aliphatic imine (C=N–C) groups is 1. The monoisotopic (exact) mass is 208 g/mol. The number of hydrogen-bond donors (Lipinski definition) is 2. The number of rotatable bonds is 2. The van der Waals surface area contributed by atoms with Crippen molar-refractivity contribution in [1.29, 1.82) is 0 Å². The minimum atomic E-state index is 0.223. The van der Waals surface area contributed by atoms with Crippen LogP contribution in [-0.4, -0.2) is 21.7 Å². The van der Waals surface area contributed by atoms with Crippen LogP contribution in [0.4, 0.5) is 5.69 Å². The van der Waals surface area contributed by atoms with Gasteiger partial charge in [-0.25, -0.2) is 9.98 Å². The number of nitrogens with one attached hydrogen (secondary N) is 1. The largest absolute Gasteiger partial charge is 0.386 e. The van der Waals surface area contributed by atoms with E-state index in [1.165, 1.54) is 0 Å². The van der Waals surface area contributed by atoms with Crippen molar-refractivity contribution in [2.24, 2.45) is 10.7 Å². The standard InChI is InChI=1S/C9H9ClN4/c10-4-8(11)14-7-3-1-2-6-9(7)13-5-12-6/h1-3,5H,4H2,(H2,11,14)(H,12,13). The van der Waals surface area contributed by atoms with Crippen LogP contribution in [0.3, 0.4) is 0 Å². The number of para-hydroxylation sites is 1. The van der Waals surface area contributed by atoms with Crippen LogP contribution in [0.2, 0.25) is 0 Å². The Bertz CT molecular complexity index is 474. The molecule has 1 heterocycles. The number of alkyl halides is 1. The first-order valence-corrected chi connectivity index (χ1v) is 4.66. The van der Waals surface area contributed by atoms with Crippen molar-refractivity contribution < 1.29 is 0 Å². The molecule has 4 nitrogen and oxygen atoms in total. The number of halogens is 1. The van der Waals surface area contributed by atoms with Crippen molar-refractivity contribution in [2.75, 3.05) is 5.88 Å². The van der Waals surface area contributed by atoms with E-state index in [0.717, 1.165) is 16.7 Å². The zero-order chi connectivity index (χ0) is 9.97. The van der Waals surface area contributed by atoms with Gasteiger partial charge in [0.05, 0.1) is 23.4 Å². The molecule has 72 valence electrons. The van der Waals surface area contributed by atoms with Crippen molar-refractivity contribution in [2.45, 2.75) is 0 Å². The van der Waals surface area contributed by atoms with Gasteiger partial charge in [0.15, 0.2) is 0 Å². The number of H-pyrrole nitrogens is 1. The lowest BCUT2D eigenvalue weighted by Gasteiger charge is -1.96. The van der Waals surface area contributed by atoms with Gasteiger partial charge in [-0.1, -0.05) is 6.07 Å². The van der Waals surface area contributed by atoms with Crippen molar-refractivity contribution in [3.05, 3.63) is 24.5 Å². The van der Waals surface area contributed by atoms with Crippen LogP contribution >= 0.6 is 11.6 Å². The van der Waals surface area contributed by atoms with Crippen molar-refractivity contribution in [1.82, 2.24) is 9.97 Å². The fraction of sp³-hybridized carbons (Fsp3) is 0.111. The first kappa shape index (κ1) is 9.02. The van der Waals surface area contributed by atoms with Crippen LogP contribution in [0, 0.1) is 0 Å². The van der Waals surface area contributed by atoms with Crippen LogP contribution in [0.25, 0.3) is 11.0 Å². The molecule has 0 amide bonds. The van der Waals surface area contributed by atoms with Gasteiger partial charge in [-0.3, -0.25) is 0 Å². The Hall–Kier alpha value is -1.55. The second-order valence-electron chi connectivity index (χ2n) is 2.81. The van der Waals surface area contributed by atoms with Gasteiger partial charge < -0.3 is 10.7 Å². The number of benzene rings is 1. The Morgan fingerprint density at radius 3 is 3.21 bits per heavy atom. The summed E-state index contributed by atoms with van der Waals surface area (Å²) >= 11 is 5.54. The number of nitrogens with two attached hydrogens (primary N) is 1. The molecule has 0 atom stereocenters. The van der Waals surface area contributed by atoms with Gasteiger partial charge in [0.25, 0.3) is 0 Å². The molecule has 0 aliphatic rings. The lowest BCUT2D eigenvalue weighted by atomic mass is 10.3. The Morgan fingerprint density at radius 2 is 2.43 bits per heavy atom. The maximum atomic E-state index is 5.54. The summed E-state index contributed by atoms with van der Waals surface area (Å²) < 4.78 is 0. The number of amidine groups is 1. The van der Waals surface area contributed by atoms with E-state index >= 15 is 0 Å². The third kappa shape index (κ3) is 1.56. The molecule has 0 spiro atoms. The van der Waals surface area contributed by atoms with Crippen LogP contribution in [0.1, 0.15) is 0 Å². The molecule has 3 N–H and O–H groups in total. The van der Waals surface area contributed by atoms with Gasteiger partial charge in [-0.05, 0) is 12.1 Å². The first-order valence-electron chi connectivity index (χ1n) is 4.12. The molecular formula is C9H9ClN4. The fourth-order valence-corrected chi connectivity index (χ4v) is 1.28. The minimum absolute atomic E-state index is 0.223. The van der Waals surface area contributed by atoms with Crippen LogP contribution in [-0.2, 0) is 0 Å². The topological polar surface area (TPSA) is 67.1 Å². The Labute approximate surface area is 85.8 Å². The van der Waals surface area contributed by atoms with Gasteiger partial charge in [0.2, 0.25) is 0 Å². The summed E-state index contributed by atoms with van der Waals surface area (Å²) in [5.41, 5.74) is 8.03. The number of imidazole rings is 1. The van der Waals surface area contributed by atoms with Gasteiger partial charge in [0.1, 0.15) is 11.4 Å². The predicted octanol–water partition coefficient (Wildman–Crippen LogP) is 1.79. The average Bonchev–Trinajstić information content (AvgIpc) is 2.66. The zero-order valence-electron chi connectivity index (χ0n) is 7.37. The molecule has 1 aromatic carbocycles. The van der Waals surface area contributed by atoms with Crippen LogP contribution in [0.5, 0.6) is 0 Å². The fourth-order valence-electron chi connectivity index (χ4n) is 1.22. The third-order valence-corrected chi connectivity index (χ3v) is 2.10. The Balaban J connectivity index is 2.56. The molecule has 0 fully saturated rings. The van der Waals surface area contributed by atoms with Gasteiger partial charge >= 0.3 is 0 Å². The summed E-state index contributed by atoms with van der Waals surface area (Å²) in [5, 5.41) is 0. The molecule has 0 unspecified atom stereocenters. The smallest absolute Gasteiger partial charge is 0.115 e. The molecule has 5 heteroatoms. The maximum absolute atomic E-state index is 5.54. The quantitative estimate of drug-likeness (QED) is 0.449. The van der Waals surface area contributed by atoms with Crippen molar-refractivity contribution in [3.8, 4) is 0 Å². The molecule has 14 heavy (non-hydrogen) atoms. The van der Waals surface area contributed by atoms with Gasteiger partial charge in [0, 0.05) is 0 Å². The summed E-state index contributed by atoms with van der Waals surface area (Å²) in [5.74, 6) is 0.614. The van der Waals surface area contributed by atoms with Gasteiger partial charge in [-0.2, -0.15) is 0 Å². The number of aromatic amines is 1. The molecule has 1 aromatic heterocycles. The SMILES string of the molecule is NC(CCl)=Nc1cccc2[nH]cnc12. The second-order valence-corrected chi connectivity index (χ2v) is 3.08. The summed E-state index contributed by atoms with van der Waals surface area (Å²) in [6.07, 6.45) is 1.63. The minimum Gasteiger partial charge on any atom is -0.386 e. The van der Waals surface area contributed by atoms with E-state index in [4.69, 9.17) is 17.3 Å². The van der Waals surface area contributed by atoms with Crippen LogP contribution in [0.15, 0.2) is 29.5 Å². The molecule has 0 saturated carbocycles.